The molecule has 92 valence electrons. The molecule has 0 aliphatic heterocycles. The number of nitrogens with one attached hydrogen (secondary N) is 1. The van der Waals surface area contributed by atoms with Gasteiger partial charge in [0.2, 0.25) is 5.91 Å². The molecule has 1 aromatic carbocycles. The number of nitrogens with zero attached hydrogens (tertiary/aromatic N) is 1. The molecule has 0 fully saturated rings. The number of halogens is 1. The molecular formula is C13H11IN2O2. The van der Waals surface area contributed by atoms with E-state index in [0.29, 0.717) is 5.82 Å². The average Bonchev–Trinajstić information content (AvgIpc) is 2.32. The summed E-state index contributed by atoms with van der Waals surface area (Å²) in [5, 5.41) is 12.0. The van der Waals surface area contributed by atoms with Crippen LogP contribution >= 0.6 is 22.6 Å². The molecule has 0 bridgehead atoms. The van der Waals surface area contributed by atoms with Crippen LogP contribution in [0.25, 0.3) is 0 Å². The second kappa shape index (κ2) is 5.81. The number of amides is 1. The van der Waals surface area contributed by atoms with Crippen LogP contribution in [-0.4, -0.2) is 16.0 Å². The average molecular weight is 354 g/mol. The van der Waals surface area contributed by atoms with Gasteiger partial charge in [-0.05, 0) is 52.4 Å². The van der Waals surface area contributed by atoms with E-state index in [9.17, 15) is 9.90 Å². The number of aromatic hydroxyl groups is 1. The van der Waals surface area contributed by atoms with Gasteiger partial charge in [0.1, 0.15) is 11.6 Å². The molecule has 1 amide bonds. The molecule has 0 unspecified atom stereocenters. The van der Waals surface area contributed by atoms with Gasteiger partial charge in [-0.25, -0.2) is 4.98 Å². The van der Waals surface area contributed by atoms with Gasteiger partial charge in [-0.3, -0.25) is 4.79 Å². The molecule has 0 atom stereocenters. The summed E-state index contributed by atoms with van der Waals surface area (Å²) in [6.45, 7) is 0. The minimum absolute atomic E-state index is 0.158. The zero-order valence-corrected chi connectivity index (χ0v) is 11.6. The van der Waals surface area contributed by atoms with E-state index in [2.05, 4.69) is 32.9 Å². The smallest absolute Gasteiger partial charge is 0.229 e. The van der Waals surface area contributed by atoms with Crippen molar-refractivity contribution >= 4 is 34.3 Å². The molecule has 0 aliphatic carbocycles. The van der Waals surface area contributed by atoms with Crippen molar-refractivity contribution in [1.29, 1.82) is 0 Å². The number of carbonyl (C=O) groups excluding carboxylic acids is 1. The Morgan fingerprint density at radius 3 is 2.83 bits per heavy atom. The summed E-state index contributed by atoms with van der Waals surface area (Å²) < 4.78 is 1.01. The van der Waals surface area contributed by atoms with Gasteiger partial charge in [-0.1, -0.05) is 12.1 Å². The quantitative estimate of drug-likeness (QED) is 0.833. The fraction of sp³-hybridized carbons (Fsp3) is 0.0769. The minimum Gasteiger partial charge on any atom is -0.508 e. The predicted octanol–water partition coefficient (Wildman–Crippen LogP) is 2.57. The molecule has 0 spiro atoms. The Morgan fingerprint density at radius 1 is 1.33 bits per heavy atom. The molecule has 2 rings (SSSR count). The lowest BCUT2D eigenvalue weighted by molar-refractivity contribution is -0.115. The van der Waals surface area contributed by atoms with Gasteiger partial charge in [0, 0.05) is 9.77 Å². The molecule has 0 saturated carbocycles. The van der Waals surface area contributed by atoms with E-state index in [0.717, 1.165) is 9.13 Å². The molecule has 2 N–H and O–H groups in total. The number of hydrogen-bond donors (Lipinski definition) is 2. The van der Waals surface area contributed by atoms with Crippen LogP contribution in [0.2, 0.25) is 0 Å². The maximum absolute atomic E-state index is 11.7. The third-order valence-corrected chi connectivity index (χ3v) is 2.91. The highest BCUT2D eigenvalue weighted by molar-refractivity contribution is 14.1. The first-order chi connectivity index (χ1) is 8.63. The molecular weight excluding hydrogens is 343 g/mol. The molecule has 4 nitrogen and oxygen atoms in total. The molecule has 18 heavy (non-hydrogen) atoms. The van der Waals surface area contributed by atoms with E-state index in [4.69, 9.17) is 0 Å². The summed E-state index contributed by atoms with van der Waals surface area (Å²) in [5.41, 5.74) is 0.762. The van der Waals surface area contributed by atoms with E-state index < -0.39 is 0 Å². The zero-order chi connectivity index (χ0) is 13.0. The summed E-state index contributed by atoms with van der Waals surface area (Å²) in [5.74, 6) is 0.530. The first kappa shape index (κ1) is 12.8. The van der Waals surface area contributed by atoms with Crippen molar-refractivity contribution in [2.24, 2.45) is 0 Å². The summed E-state index contributed by atoms with van der Waals surface area (Å²) in [7, 11) is 0. The Hall–Kier alpha value is -1.63. The third kappa shape index (κ3) is 3.69. The van der Waals surface area contributed by atoms with Gasteiger partial charge in [-0.2, -0.15) is 0 Å². The lowest BCUT2D eigenvalue weighted by Crippen LogP contribution is -2.15. The monoisotopic (exact) mass is 354 g/mol. The van der Waals surface area contributed by atoms with Gasteiger partial charge >= 0.3 is 0 Å². The number of rotatable bonds is 3. The van der Waals surface area contributed by atoms with Crippen LogP contribution in [0.1, 0.15) is 5.56 Å². The number of benzene rings is 1. The Morgan fingerprint density at radius 2 is 2.17 bits per heavy atom. The predicted molar refractivity (Wildman–Crippen MR) is 77.4 cm³/mol. The maximum Gasteiger partial charge on any atom is 0.229 e. The van der Waals surface area contributed by atoms with Crippen molar-refractivity contribution in [3.8, 4) is 5.75 Å². The number of aromatic nitrogens is 1. The molecule has 1 aromatic heterocycles. The standard InChI is InChI=1S/C13H11IN2O2/c14-10-4-5-12(15-8-10)16-13(18)7-9-2-1-3-11(17)6-9/h1-6,8,17H,7H2,(H,15,16,18). The number of pyridine rings is 1. The topological polar surface area (TPSA) is 62.2 Å². The van der Waals surface area contributed by atoms with Crippen LogP contribution in [0.3, 0.4) is 0 Å². The lowest BCUT2D eigenvalue weighted by Gasteiger charge is -2.04. The highest BCUT2D eigenvalue weighted by Gasteiger charge is 2.05. The SMILES string of the molecule is O=C(Cc1cccc(O)c1)Nc1ccc(I)cn1. The van der Waals surface area contributed by atoms with E-state index in [1.807, 2.05) is 6.07 Å². The van der Waals surface area contributed by atoms with E-state index in [1.54, 1.807) is 36.5 Å². The van der Waals surface area contributed by atoms with Gasteiger partial charge < -0.3 is 10.4 Å². The number of phenols is 1. The fourth-order valence-electron chi connectivity index (χ4n) is 1.49. The number of phenolic OH excluding ortho intramolecular Hbond substituents is 1. The van der Waals surface area contributed by atoms with Crippen molar-refractivity contribution in [3.05, 3.63) is 51.7 Å². The van der Waals surface area contributed by atoms with Crippen molar-refractivity contribution in [2.45, 2.75) is 6.42 Å². The lowest BCUT2D eigenvalue weighted by atomic mass is 10.1. The molecule has 0 aliphatic rings. The van der Waals surface area contributed by atoms with Crippen LogP contribution in [0.5, 0.6) is 5.75 Å². The van der Waals surface area contributed by atoms with Gasteiger partial charge in [0.25, 0.3) is 0 Å². The normalized spacial score (nSPS) is 10.1. The van der Waals surface area contributed by atoms with Crippen LogP contribution in [0.4, 0.5) is 5.82 Å². The highest BCUT2D eigenvalue weighted by Crippen LogP contribution is 2.12. The van der Waals surface area contributed by atoms with Crippen molar-refractivity contribution in [2.75, 3.05) is 5.32 Å². The Bertz CT molecular complexity index is 555. The van der Waals surface area contributed by atoms with Crippen molar-refractivity contribution < 1.29 is 9.90 Å². The molecule has 0 saturated heterocycles. The van der Waals surface area contributed by atoms with Crippen LogP contribution in [0.15, 0.2) is 42.6 Å². The van der Waals surface area contributed by atoms with Crippen LogP contribution in [-0.2, 0) is 11.2 Å². The molecule has 2 aromatic rings. The Labute approximate surface area is 118 Å². The summed E-state index contributed by atoms with van der Waals surface area (Å²) in [4.78, 5) is 15.8. The van der Waals surface area contributed by atoms with Gasteiger partial charge in [-0.15, -0.1) is 0 Å². The second-order valence-electron chi connectivity index (χ2n) is 3.76. The Kier molecular flexibility index (Phi) is 4.14. The van der Waals surface area contributed by atoms with E-state index >= 15 is 0 Å². The van der Waals surface area contributed by atoms with Crippen molar-refractivity contribution in [1.82, 2.24) is 4.98 Å². The highest BCUT2D eigenvalue weighted by atomic mass is 127. The first-order valence-corrected chi connectivity index (χ1v) is 6.41. The Balaban J connectivity index is 1.98. The number of hydrogen-bond acceptors (Lipinski definition) is 3. The number of anilines is 1. The van der Waals surface area contributed by atoms with Crippen molar-refractivity contribution in [3.63, 3.8) is 0 Å². The first-order valence-electron chi connectivity index (χ1n) is 5.33. The number of carbonyl (C=O) groups is 1. The van der Waals surface area contributed by atoms with Gasteiger partial charge in [0.15, 0.2) is 0 Å². The molecule has 5 heteroatoms. The van der Waals surface area contributed by atoms with Crippen LogP contribution in [0, 0.1) is 3.57 Å². The third-order valence-electron chi connectivity index (χ3n) is 2.27. The molecule has 0 radical (unpaired) electrons. The zero-order valence-electron chi connectivity index (χ0n) is 9.43. The van der Waals surface area contributed by atoms with Gasteiger partial charge in [0.05, 0.1) is 6.42 Å². The van der Waals surface area contributed by atoms with E-state index in [-0.39, 0.29) is 18.1 Å². The summed E-state index contributed by atoms with van der Waals surface area (Å²) in [6, 6.07) is 10.3. The summed E-state index contributed by atoms with van der Waals surface area (Å²) >= 11 is 2.15. The fourth-order valence-corrected chi connectivity index (χ4v) is 1.81. The van der Waals surface area contributed by atoms with E-state index in [1.165, 1.54) is 0 Å². The maximum atomic E-state index is 11.7. The molecule has 1 heterocycles. The largest absolute Gasteiger partial charge is 0.508 e. The summed E-state index contributed by atoms with van der Waals surface area (Å²) in [6.07, 6.45) is 1.90. The second-order valence-corrected chi connectivity index (χ2v) is 5.00. The minimum atomic E-state index is -0.158. The van der Waals surface area contributed by atoms with Crippen LogP contribution < -0.4 is 5.32 Å².